The van der Waals surface area contributed by atoms with Gasteiger partial charge in [0.25, 0.3) is 5.91 Å². The minimum absolute atomic E-state index is 0.284. The Balaban J connectivity index is 1.46. The SMILES string of the molecule is COc1cccc(CNC(=O)c2nnn(Cc3nc(-c4ccc(C)cc4)oc3C)c2C)c1. The Morgan fingerprint density at radius 1 is 1.12 bits per heavy atom. The molecule has 32 heavy (non-hydrogen) atoms. The molecule has 1 amide bonds. The summed E-state index contributed by atoms with van der Waals surface area (Å²) in [5, 5.41) is 11.1. The molecule has 0 aliphatic heterocycles. The van der Waals surface area contributed by atoms with E-state index in [0.717, 1.165) is 22.6 Å². The highest BCUT2D eigenvalue weighted by Crippen LogP contribution is 2.23. The van der Waals surface area contributed by atoms with Gasteiger partial charge in [-0.15, -0.1) is 5.10 Å². The van der Waals surface area contributed by atoms with Crippen molar-refractivity contribution in [3.63, 3.8) is 0 Å². The summed E-state index contributed by atoms with van der Waals surface area (Å²) in [6, 6.07) is 15.5. The normalized spacial score (nSPS) is 10.9. The third-order valence-electron chi connectivity index (χ3n) is 5.28. The van der Waals surface area contributed by atoms with Gasteiger partial charge in [-0.05, 0) is 50.6 Å². The van der Waals surface area contributed by atoms with Crippen LogP contribution >= 0.6 is 0 Å². The van der Waals surface area contributed by atoms with E-state index in [2.05, 4.69) is 20.6 Å². The second-order valence-corrected chi connectivity index (χ2v) is 7.60. The number of carbonyl (C=O) groups is 1. The molecule has 0 unspecified atom stereocenters. The summed E-state index contributed by atoms with van der Waals surface area (Å²) in [5.74, 6) is 1.73. The maximum Gasteiger partial charge on any atom is 0.274 e. The highest BCUT2D eigenvalue weighted by Gasteiger charge is 2.19. The molecule has 8 heteroatoms. The molecule has 1 N–H and O–H groups in total. The van der Waals surface area contributed by atoms with E-state index in [-0.39, 0.29) is 11.6 Å². The predicted molar refractivity (Wildman–Crippen MR) is 119 cm³/mol. The number of rotatable bonds is 7. The summed E-state index contributed by atoms with van der Waals surface area (Å²) in [5.41, 5.74) is 4.72. The Bertz CT molecular complexity index is 1240. The zero-order valence-corrected chi connectivity index (χ0v) is 18.5. The molecule has 164 valence electrons. The van der Waals surface area contributed by atoms with Gasteiger partial charge in [0, 0.05) is 12.1 Å². The number of nitrogens with zero attached hydrogens (tertiary/aromatic N) is 4. The number of hydrogen-bond donors (Lipinski definition) is 1. The van der Waals surface area contributed by atoms with E-state index < -0.39 is 0 Å². The Labute approximate surface area is 186 Å². The molecule has 8 nitrogen and oxygen atoms in total. The summed E-state index contributed by atoms with van der Waals surface area (Å²) in [6.45, 7) is 6.45. The molecule has 0 saturated heterocycles. The van der Waals surface area contributed by atoms with Gasteiger partial charge in [0.05, 0.1) is 19.3 Å². The van der Waals surface area contributed by atoms with Gasteiger partial charge in [-0.25, -0.2) is 9.67 Å². The minimum atomic E-state index is -0.284. The third kappa shape index (κ3) is 4.54. The quantitative estimate of drug-likeness (QED) is 0.478. The van der Waals surface area contributed by atoms with Gasteiger partial charge in [-0.1, -0.05) is 35.0 Å². The van der Waals surface area contributed by atoms with Crippen molar-refractivity contribution in [3.8, 4) is 17.2 Å². The first kappa shape index (κ1) is 21.3. The summed E-state index contributed by atoms with van der Waals surface area (Å²) < 4.78 is 12.7. The Kier molecular flexibility index (Phi) is 6.02. The second-order valence-electron chi connectivity index (χ2n) is 7.60. The van der Waals surface area contributed by atoms with Crippen LogP contribution in [-0.4, -0.2) is 33.0 Å². The Morgan fingerprint density at radius 2 is 1.91 bits per heavy atom. The van der Waals surface area contributed by atoms with Gasteiger partial charge in [0.2, 0.25) is 5.89 Å². The van der Waals surface area contributed by atoms with Crippen molar-refractivity contribution in [3.05, 3.63) is 82.5 Å². The van der Waals surface area contributed by atoms with E-state index in [1.54, 1.807) is 11.8 Å². The van der Waals surface area contributed by atoms with E-state index >= 15 is 0 Å². The van der Waals surface area contributed by atoms with Crippen molar-refractivity contribution in [2.75, 3.05) is 7.11 Å². The van der Waals surface area contributed by atoms with Crippen molar-refractivity contribution in [1.82, 2.24) is 25.3 Å². The fourth-order valence-electron chi connectivity index (χ4n) is 3.31. The van der Waals surface area contributed by atoms with Gasteiger partial charge >= 0.3 is 0 Å². The Morgan fingerprint density at radius 3 is 2.66 bits per heavy atom. The first-order valence-electron chi connectivity index (χ1n) is 10.3. The van der Waals surface area contributed by atoms with E-state index in [1.165, 1.54) is 5.56 Å². The fraction of sp³-hybridized carbons (Fsp3) is 0.250. The number of ether oxygens (including phenoxy) is 1. The average molecular weight is 431 g/mol. The van der Waals surface area contributed by atoms with Crippen molar-refractivity contribution in [2.24, 2.45) is 0 Å². The lowest BCUT2D eigenvalue weighted by molar-refractivity contribution is 0.0945. The number of methoxy groups -OCH3 is 1. The molecule has 0 spiro atoms. The molecule has 0 bridgehead atoms. The smallest absolute Gasteiger partial charge is 0.274 e. The highest BCUT2D eigenvalue weighted by atomic mass is 16.5. The van der Waals surface area contributed by atoms with Gasteiger partial charge in [-0.3, -0.25) is 4.79 Å². The number of carbonyl (C=O) groups excluding carboxylic acids is 1. The van der Waals surface area contributed by atoms with Gasteiger partial charge in [0.15, 0.2) is 5.69 Å². The number of amides is 1. The van der Waals surface area contributed by atoms with Gasteiger partial charge in [-0.2, -0.15) is 0 Å². The van der Waals surface area contributed by atoms with Crippen LogP contribution in [-0.2, 0) is 13.1 Å². The zero-order chi connectivity index (χ0) is 22.7. The van der Waals surface area contributed by atoms with Crippen LogP contribution in [0.4, 0.5) is 0 Å². The number of oxazole rings is 1. The van der Waals surface area contributed by atoms with E-state index in [1.807, 2.05) is 69.3 Å². The summed E-state index contributed by atoms with van der Waals surface area (Å²) in [6.07, 6.45) is 0. The summed E-state index contributed by atoms with van der Waals surface area (Å²) >= 11 is 0. The van der Waals surface area contributed by atoms with Gasteiger partial charge < -0.3 is 14.5 Å². The molecule has 0 atom stereocenters. The topological polar surface area (TPSA) is 95.1 Å². The van der Waals surface area contributed by atoms with Crippen LogP contribution in [0.25, 0.3) is 11.5 Å². The molecule has 2 heterocycles. The van der Waals surface area contributed by atoms with Crippen LogP contribution in [0.1, 0.15) is 38.8 Å². The van der Waals surface area contributed by atoms with Crippen LogP contribution in [0.5, 0.6) is 5.75 Å². The first-order chi connectivity index (χ1) is 15.4. The lowest BCUT2D eigenvalue weighted by atomic mass is 10.1. The highest BCUT2D eigenvalue weighted by molar-refractivity contribution is 5.93. The maximum atomic E-state index is 12.7. The predicted octanol–water partition coefficient (Wildman–Crippen LogP) is 3.85. The fourth-order valence-corrected chi connectivity index (χ4v) is 3.31. The van der Waals surface area contributed by atoms with Crippen molar-refractivity contribution < 1.29 is 13.9 Å². The van der Waals surface area contributed by atoms with Crippen LogP contribution in [0.2, 0.25) is 0 Å². The van der Waals surface area contributed by atoms with Crippen molar-refractivity contribution in [1.29, 1.82) is 0 Å². The molecule has 0 aliphatic carbocycles. The molecular formula is C24H25N5O3. The number of nitrogens with one attached hydrogen (secondary N) is 1. The molecule has 0 saturated carbocycles. The third-order valence-corrected chi connectivity index (χ3v) is 5.28. The summed E-state index contributed by atoms with van der Waals surface area (Å²) in [7, 11) is 1.61. The van der Waals surface area contributed by atoms with Crippen LogP contribution < -0.4 is 10.1 Å². The number of hydrogen-bond acceptors (Lipinski definition) is 6. The van der Waals surface area contributed by atoms with E-state index in [0.29, 0.717) is 30.4 Å². The second kappa shape index (κ2) is 9.05. The van der Waals surface area contributed by atoms with Gasteiger partial charge in [0.1, 0.15) is 17.2 Å². The molecule has 4 rings (SSSR count). The minimum Gasteiger partial charge on any atom is -0.497 e. The lowest BCUT2D eigenvalue weighted by Crippen LogP contribution is -2.24. The number of aromatic nitrogens is 4. The lowest BCUT2D eigenvalue weighted by Gasteiger charge is -2.06. The monoisotopic (exact) mass is 431 g/mol. The first-order valence-corrected chi connectivity index (χ1v) is 10.3. The molecule has 2 aromatic carbocycles. The summed E-state index contributed by atoms with van der Waals surface area (Å²) in [4.78, 5) is 17.3. The van der Waals surface area contributed by atoms with Crippen LogP contribution in [0.3, 0.4) is 0 Å². The molecule has 0 fully saturated rings. The standard InChI is InChI=1S/C24H25N5O3/c1-15-8-10-19(11-9-15)24-26-21(17(3)32-24)14-29-16(2)22(27-28-29)23(30)25-13-18-6-5-7-20(12-18)31-4/h5-12H,13-14H2,1-4H3,(H,25,30). The maximum absolute atomic E-state index is 12.7. The van der Waals surface area contributed by atoms with Crippen molar-refractivity contribution in [2.45, 2.75) is 33.9 Å². The molecule has 2 aromatic heterocycles. The van der Waals surface area contributed by atoms with Crippen molar-refractivity contribution >= 4 is 5.91 Å². The number of aryl methyl sites for hydroxylation is 2. The molecule has 0 aliphatic rings. The molecule has 0 radical (unpaired) electrons. The Hall–Kier alpha value is -3.94. The zero-order valence-electron chi connectivity index (χ0n) is 18.5. The molecule has 4 aromatic rings. The average Bonchev–Trinajstić information content (AvgIpc) is 3.35. The number of benzene rings is 2. The van der Waals surface area contributed by atoms with Crippen LogP contribution in [0.15, 0.2) is 52.9 Å². The van der Waals surface area contributed by atoms with E-state index in [4.69, 9.17) is 9.15 Å². The molecular weight excluding hydrogens is 406 g/mol. The van der Waals surface area contributed by atoms with Crippen LogP contribution in [0, 0.1) is 20.8 Å². The largest absolute Gasteiger partial charge is 0.497 e. The van der Waals surface area contributed by atoms with E-state index in [9.17, 15) is 4.79 Å².